The van der Waals surface area contributed by atoms with E-state index in [-0.39, 0.29) is 30.7 Å². The minimum absolute atomic E-state index is 0. The van der Waals surface area contributed by atoms with Gasteiger partial charge in [0.2, 0.25) is 0 Å². The first kappa shape index (κ1) is 19.2. The summed E-state index contributed by atoms with van der Waals surface area (Å²) in [5.74, 6) is 0.280. The van der Waals surface area contributed by atoms with E-state index < -0.39 is 0 Å². The van der Waals surface area contributed by atoms with Crippen LogP contribution in [0.5, 0.6) is 0 Å². The Kier molecular flexibility index (Phi) is 7.74. The Morgan fingerprint density at radius 1 is 1.09 bits per heavy atom. The Hall–Kier alpha value is -1.89. The molecule has 1 fully saturated rings. The van der Waals surface area contributed by atoms with Gasteiger partial charge in [-0.3, -0.25) is 9.78 Å². The van der Waals surface area contributed by atoms with Crippen LogP contribution in [-0.2, 0) is 0 Å². The summed E-state index contributed by atoms with van der Waals surface area (Å²) in [6, 6.07) is 9.02. The third-order valence-electron chi connectivity index (χ3n) is 3.37. The summed E-state index contributed by atoms with van der Waals surface area (Å²) in [7, 11) is 0. The number of nitrogens with zero attached hydrogens (tertiary/aromatic N) is 3. The van der Waals surface area contributed by atoms with Gasteiger partial charge in [-0.25, -0.2) is 4.98 Å². The van der Waals surface area contributed by atoms with Crippen LogP contribution in [0.25, 0.3) is 0 Å². The van der Waals surface area contributed by atoms with Crippen molar-refractivity contribution in [2.24, 2.45) is 0 Å². The highest BCUT2D eigenvalue weighted by Gasteiger charge is 2.11. The number of carbonyl (C=O) groups excluding carboxylic acids is 1. The van der Waals surface area contributed by atoms with Crippen LogP contribution in [0, 0.1) is 0 Å². The lowest BCUT2D eigenvalue weighted by Gasteiger charge is -2.29. The molecule has 2 aromatic heterocycles. The molecule has 23 heavy (non-hydrogen) atoms. The quantitative estimate of drug-likeness (QED) is 0.880. The molecule has 0 atom stereocenters. The number of amides is 1. The van der Waals surface area contributed by atoms with Crippen LogP contribution < -0.4 is 15.5 Å². The molecule has 0 spiro atoms. The summed E-state index contributed by atoms with van der Waals surface area (Å²) in [6.07, 6.45) is 3.38. The van der Waals surface area contributed by atoms with E-state index in [0.29, 0.717) is 11.5 Å². The van der Waals surface area contributed by atoms with Gasteiger partial charge in [-0.1, -0.05) is 6.07 Å². The van der Waals surface area contributed by atoms with Gasteiger partial charge in [0.05, 0.1) is 11.9 Å². The molecule has 2 N–H and O–H groups in total. The van der Waals surface area contributed by atoms with Crippen molar-refractivity contribution in [3.05, 3.63) is 48.4 Å². The highest BCUT2D eigenvalue weighted by molar-refractivity contribution is 6.02. The Morgan fingerprint density at radius 2 is 1.87 bits per heavy atom. The largest absolute Gasteiger partial charge is 0.368 e. The second-order valence-corrected chi connectivity index (χ2v) is 4.81. The predicted molar refractivity (Wildman–Crippen MR) is 96.0 cm³/mol. The molecule has 2 aromatic rings. The van der Waals surface area contributed by atoms with Crippen LogP contribution in [0.4, 0.5) is 11.5 Å². The molecule has 3 rings (SSSR count). The molecule has 6 nitrogen and oxygen atoms in total. The summed E-state index contributed by atoms with van der Waals surface area (Å²) < 4.78 is 0. The van der Waals surface area contributed by atoms with Crippen molar-refractivity contribution >= 4 is 42.2 Å². The van der Waals surface area contributed by atoms with Gasteiger partial charge < -0.3 is 15.5 Å². The van der Waals surface area contributed by atoms with Crippen LogP contribution in [0.2, 0.25) is 0 Å². The fraction of sp³-hybridized carbons (Fsp3) is 0.267. The van der Waals surface area contributed by atoms with Gasteiger partial charge in [-0.15, -0.1) is 24.8 Å². The number of pyridine rings is 2. The summed E-state index contributed by atoms with van der Waals surface area (Å²) >= 11 is 0. The van der Waals surface area contributed by atoms with Crippen LogP contribution in [0.1, 0.15) is 10.5 Å². The standard InChI is InChI=1S/C15H17N5O.2ClH/c21-15(13-3-1-2-6-17-13)19-14-5-4-12(11-18-14)20-9-7-16-8-10-20;;/h1-6,11,16H,7-10H2,(H,18,19,21);2*1H. The topological polar surface area (TPSA) is 70.2 Å². The molecule has 0 aliphatic carbocycles. The predicted octanol–water partition coefficient (Wildman–Crippen LogP) is 1.98. The molecule has 124 valence electrons. The Bertz CT molecular complexity index is 603. The van der Waals surface area contributed by atoms with Crippen molar-refractivity contribution in [1.82, 2.24) is 15.3 Å². The van der Waals surface area contributed by atoms with E-state index in [9.17, 15) is 4.79 Å². The van der Waals surface area contributed by atoms with Crippen molar-refractivity contribution in [1.29, 1.82) is 0 Å². The molecule has 1 saturated heterocycles. The maximum atomic E-state index is 12.0. The molecule has 0 bridgehead atoms. The summed E-state index contributed by atoms with van der Waals surface area (Å²) in [6.45, 7) is 3.92. The summed E-state index contributed by atoms with van der Waals surface area (Å²) in [4.78, 5) is 22.5. The molecule has 1 aliphatic heterocycles. The van der Waals surface area contributed by atoms with Crippen molar-refractivity contribution in [3.63, 3.8) is 0 Å². The highest BCUT2D eigenvalue weighted by atomic mass is 35.5. The van der Waals surface area contributed by atoms with E-state index in [4.69, 9.17) is 0 Å². The SMILES string of the molecule is Cl.Cl.O=C(Nc1ccc(N2CCNCC2)cn1)c1ccccn1. The lowest BCUT2D eigenvalue weighted by molar-refractivity contribution is 0.102. The molecular weight excluding hydrogens is 337 g/mol. The number of halogens is 2. The van der Waals surface area contributed by atoms with Crippen molar-refractivity contribution in [2.45, 2.75) is 0 Å². The van der Waals surface area contributed by atoms with Gasteiger partial charge in [-0.2, -0.15) is 0 Å². The zero-order valence-corrected chi connectivity index (χ0v) is 14.1. The van der Waals surface area contributed by atoms with Gasteiger partial charge in [-0.05, 0) is 24.3 Å². The zero-order valence-electron chi connectivity index (χ0n) is 12.4. The van der Waals surface area contributed by atoms with Gasteiger partial charge in [0.15, 0.2) is 0 Å². The first-order chi connectivity index (χ1) is 10.3. The number of rotatable bonds is 3. The van der Waals surface area contributed by atoms with E-state index in [0.717, 1.165) is 31.9 Å². The summed E-state index contributed by atoms with van der Waals surface area (Å²) in [5.41, 5.74) is 1.46. The molecule has 3 heterocycles. The minimum Gasteiger partial charge on any atom is -0.368 e. The number of carbonyl (C=O) groups is 1. The van der Waals surface area contributed by atoms with Gasteiger partial charge in [0, 0.05) is 32.4 Å². The second-order valence-electron chi connectivity index (χ2n) is 4.81. The van der Waals surface area contributed by atoms with Crippen molar-refractivity contribution in [3.8, 4) is 0 Å². The number of nitrogens with one attached hydrogen (secondary N) is 2. The average Bonchev–Trinajstić information content (AvgIpc) is 2.57. The number of anilines is 2. The Morgan fingerprint density at radius 3 is 2.48 bits per heavy atom. The van der Waals surface area contributed by atoms with E-state index in [1.807, 2.05) is 12.1 Å². The van der Waals surface area contributed by atoms with Gasteiger partial charge in [0.25, 0.3) is 5.91 Å². The van der Waals surface area contributed by atoms with Crippen LogP contribution in [0.3, 0.4) is 0 Å². The fourth-order valence-electron chi connectivity index (χ4n) is 2.25. The maximum Gasteiger partial charge on any atom is 0.275 e. The third-order valence-corrected chi connectivity index (χ3v) is 3.37. The first-order valence-electron chi connectivity index (χ1n) is 6.97. The number of hydrogen-bond donors (Lipinski definition) is 2. The molecule has 0 saturated carbocycles. The number of hydrogen-bond acceptors (Lipinski definition) is 5. The Balaban J connectivity index is 0.00000132. The maximum absolute atomic E-state index is 12.0. The number of aromatic nitrogens is 2. The molecule has 0 radical (unpaired) electrons. The third kappa shape index (κ3) is 5.06. The van der Waals surface area contributed by atoms with Gasteiger partial charge in [0.1, 0.15) is 11.5 Å². The van der Waals surface area contributed by atoms with Crippen molar-refractivity contribution in [2.75, 3.05) is 36.4 Å². The molecule has 1 aliphatic rings. The molecular formula is C15H19Cl2N5O. The van der Waals surface area contributed by atoms with Crippen LogP contribution >= 0.6 is 24.8 Å². The molecule has 8 heteroatoms. The number of piperazine rings is 1. The lowest BCUT2D eigenvalue weighted by Crippen LogP contribution is -2.43. The molecule has 0 unspecified atom stereocenters. The molecule has 0 aromatic carbocycles. The van der Waals surface area contributed by atoms with E-state index in [1.54, 1.807) is 30.6 Å². The van der Waals surface area contributed by atoms with E-state index >= 15 is 0 Å². The zero-order chi connectivity index (χ0) is 14.5. The first-order valence-corrected chi connectivity index (χ1v) is 6.97. The minimum atomic E-state index is -0.252. The fourth-order valence-corrected chi connectivity index (χ4v) is 2.25. The molecule has 1 amide bonds. The van der Waals surface area contributed by atoms with Crippen LogP contribution in [0.15, 0.2) is 42.7 Å². The highest BCUT2D eigenvalue weighted by Crippen LogP contribution is 2.15. The van der Waals surface area contributed by atoms with E-state index in [1.165, 1.54) is 0 Å². The second kappa shape index (κ2) is 9.29. The monoisotopic (exact) mass is 355 g/mol. The normalized spacial score (nSPS) is 13.5. The summed E-state index contributed by atoms with van der Waals surface area (Å²) in [5, 5.41) is 6.06. The average molecular weight is 356 g/mol. The van der Waals surface area contributed by atoms with E-state index in [2.05, 4.69) is 25.5 Å². The van der Waals surface area contributed by atoms with Gasteiger partial charge >= 0.3 is 0 Å². The van der Waals surface area contributed by atoms with Crippen molar-refractivity contribution < 1.29 is 4.79 Å². The smallest absolute Gasteiger partial charge is 0.275 e. The Labute approximate surface area is 147 Å². The van der Waals surface area contributed by atoms with Crippen LogP contribution in [-0.4, -0.2) is 42.1 Å². The lowest BCUT2D eigenvalue weighted by atomic mass is 10.3.